The molecule has 110 valence electrons. The van der Waals surface area contributed by atoms with Gasteiger partial charge in [0.05, 0.1) is 17.9 Å². The number of carbonyl (C=O) groups is 2. The van der Waals surface area contributed by atoms with Gasteiger partial charge in [0.1, 0.15) is 5.69 Å². The number of amides is 2. The van der Waals surface area contributed by atoms with Gasteiger partial charge in [-0.05, 0) is 26.7 Å². The SMILES string of the molecule is CCn1cncc1C(=O)N1CCC[C@@](C)(C(=O)NC)C1. The molecule has 1 N–H and O–H groups in total. The molecule has 2 amide bonds. The van der Waals surface area contributed by atoms with Crippen molar-refractivity contribution in [3.63, 3.8) is 0 Å². The molecule has 6 nitrogen and oxygen atoms in total. The first-order valence-electron chi connectivity index (χ1n) is 7.03. The van der Waals surface area contributed by atoms with Gasteiger partial charge in [-0.3, -0.25) is 9.59 Å². The van der Waals surface area contributed by atoms with Gasteiger partial charge < -0.3 is 14.8 Å². The van der Waals surface area contributed by atoms with E-state index in [0.29, 0.717) is 25.3 Å². The van der Waals surface area contributed by atoms with E-state index in [1.54, 1.807) is 24.5 Å². The zero-order valence-corrected chi connectivity index (χ0v) is 12.3. The van der Waals surface area contributed by atoms with E-state index >= 15 is 0 Å². The van der Waals surface area contributed by atoms with Crippen LogP contribution >= 0.6 is 0 Å². The molecule has 0 radical (unpaired) electrons. The van der Waals surface area contributed by atoms with Crippen LogP contribution in [0.5, 0.6) is 0 Å². The summed E-state index contributed by atoms with van der Waals surface area (Å²) in [5.41, 5.74) is 0.0911. The zero-order chi connectivity index (χ0) is 14.8. The highest BCUT2D eigenvalue weighted by Gasteiger charge is 2.39. The molecule has 2 heterocycles. The van der Waals surface area contributed by atoms with E-state index in [1.807, 2.05) is 18.4 Å². The summed E-state index contributed by atoms with van der Waals surface area (Å²) in [5.74, 6) is -0.0434. The molecule has 20 heavy (non-hydrogen) atoms. The molecule has 0 unspecified atom stereocenters. The molecular weight excluding hydrogens is 256 g/mol. The lowest BCUT2D eigenvalue weighted by Crippen LogP contribution is -2.51. The molecule has 2 rings (SSSR count). The number of likely N-dealkylation sites (tertiary alicyclic amines) is 1. The summed E-state index contributed by atoms with van der Waals surface area (Å²) in [6, 6.07) is 0. The third-order valence-corrected chi connectivity index (χ3v) is 4.03. The van der Waals surface area contributed by atoms with E-state index < -0.39 is 5.41 Å². The first-order valence-corrected chi connectivity index (χ1v) is 7.03. The Hall–Kier alpha value is -1.85. The molecule has 1 atom stereocenters. The Balaban J connectivity index is 2.17. The Morgan fingerprint density at radius 2 is 2.25 bits per heavy atom. The molecule has 1 aliphatic heterocycles. The predicted molar refractivity (Wildman–Crippen MR) is 75.2 cm³/mol. The summed E-state index contributed by atoms with van der Waals surface area (Å²) in [4.78, 5) is 30.4. The number of hydrogen-bond acceptors (Lipinski definition) is 3. The molecule has 0 bridgehead atoms. The summed E-state index contributed by atoms with van der Waals surface area (Å²) >= 11 is 0. The van der Waals surface area contributed by atoms with Crippen molar-refractivity contribution in [2.45, 2.75) is 33.2 Å². The highest BCUT2D eigenvalue weighted by molar-refractivity contribution is 5.93. The Labute approximate surface area is 119 Å². The largest absolute Gasteiger partial charge is 0.359 e. The van der Waals surface area contributed by atoms with Crippen molar-refractivity contribution in [2.24, 2.45) is 5.41 Å². The number of imidazole rings is 1. The van der Waals surface area contributed by atoms with Crippen molar-refractivity contribution in [2.75, 3.05) is 20.1 Å². The lowest BCUT2D eigenvalue weighted by molar-refractivity contribution is -0.132. The summed E-state index contributed by atoms with van der Waals surface area (Å²) < 4.78 is 1.83. The van der Waals surface area contributed by atoms with Crippen LogP contribution < -0.4 is 5.32 Å². The maximum absolute atomic E-state index is 12.6. The van der Waals surface area contributed by atoms with Crippen molar-refractivity contribution in [1.82, 2.24) is 19.8 Å². The van der Waals surface area contributed by atoms with Crippen LogP contribution in [0.15, 0.2) is 12.5 Å². The molecule has 1 aliphatic rings. The van der Waals surface area contributed by atoms with Crippen molar-refractivity contribution in [3.8, 4) is 0 Å². The smallest absolute Gasteiger partial charge is 0.272 e. The Kier molecular flexibility index (Phi) is 4.11. The minimum absolute atomic E-state index is 0.000927. The van der Waals surface area contributed by atoms with Crippen LogP contribution in [0.4, 0.5) is 0 Å². The maximum atomic E-state index is 12.6. The Morgan fingerprint density at radius 3 is 2.90 bits per heavy atom. The molecular formula is C14H22N4O2. The fourth-order valence-corrected chi connectivity index (χ4v) is 2.81. The number of piperidine rings is 1. The molecule has 1 saturated heterocycles. The molecule has 0 spiro atoms. The van der Waals surface area contributed by atoms with Crippen LogP contribution in [0.25, 0.3) is 0 Å². The minimum atomic E-state index is -0.500. The average molecular weight is 278 g/mol. The summed E-state index contributed by atoms with van der Waals surface area (Å²) in [5, 5.41) is 2.70. The van der Waals surface area contributed by atoms with E-state index in [9.17, 15) is 9.59 Å². The highest BCUT2D eigenvalue weighted by atomic mass is 16.2. The Bertz CT molecular complexity index is 511. The zero-order valence-electron chi connectivity index (χ0n) is 12.3. The maximum Gasteiger partial charge on any atom is 0.272 e. The number of rotatable bonds is 3. The topological polar surface area (TPSA) is 67.2 Å². The van der Waals surface area contributed by atoms with E-state index in [-0.39, 0.29) is 11.8 Å². The van der Waals surface area contributed by atoms with E-state index in [4.69, 9.17) is 0 Å². The lowest BCUT2D eigenvalue weighted by Gasteiger charge is -2.39. The van der Waals surface area contributed by atoms with Crippen LogP contribution in [-0.4, -0.2) is 46.4 Å². The molecule has 1 aromatic heterocycles. The molecule has 6 heteroatoms. The fraction of sp³-hybridized carbons (Fsp3) is 0.643. The van der Waals surface area contributed by atoms with Gasteiger partial charge in [0.25, 0.3) is 5.91 Å². The van der Waals surface area contributed by atoms with Gasteiger partial charge in [0.2, 0.25) is 5.91 Å². The minimum Gasteiger partial charge on any atom is -0.359 e. The average Bonchev–Trinajstić information content (AvgIpc) is 2.94. The normalized spacial score (nSPS) is 22.6. The van der Waals surface area contributed by atoms with Crippen molar-refractivity contribution >= 4 is 11.8 Å². The molecule has 1 fully saturated rings. The van der Waals surface area contributed by atoms with Gasteiger partial charge in [0.15, 0.2) is 0 Å². The van der Waals surface area contributed by atoms with Crippen molar-refractivity contribution < 1.29 is 9.59 Å². The number of hydrogen-bond donors (Lipinski definition) is 1. The number of carbonyl (C=O) groups excluding carboxylic acids is 2. The second-order valence-corrected chi connectivity index (χ2v) is 5.53. The van der Waals surface area contributed by atoms with Gasteiger partial charge in [-0.1, -0.05) is 0 Å². The van der Waals surface area contributed by atoms with Crippen LogP contribution in [0.2, 0.25) is 0 Å². The van der Waals surface area contributed by atoms with E-state index in [0.717, 1.165) is 12.8 Å². The standard InChI is InChI=1S/C14H22N4O2/c1-4-17-10-16-8-11(17)12(19)18-7-5-6-14(2,9-18)13(20)15-3/h8,10H,4-7,9H2,1-3H3,(H,15,20)/t14-/m1/s1. The number of aromatic nitrogens is 2. The first kappa shape index (κ1) is 14.6. The number of nitrogens with zero attached hydrogens (tertiary/aromatic N) is 3. The Morgan fingerprint density at radius 1 is 1.50 bits per heavy atom. The van der Waals surface area contributed by atoms with Gasteiger partial charge in [-0.2, -0.15) is 0 Å². The van der Waals surface area contributed by atoms with E-state index in [2.05, 4.69) is 10.3 Å². The monoisotopic (exact) mass is 278 g/mol. The number of aryl methyl sites for hydroxylation is 1. The molecule has 1 aromatic rings. The van der Waals surface area contributed by atoms with Crippen molar-refractivity contribution in [1.29, 1.82) is 0 Å². The van der Waals surface area contributed by atoms with Crippen LogP contribution in [-0.2, 0) is 11.3 Å². The lowest BCUT2D eigenvalue weighted by atomic mass is 9.81. The first-order chi connectivity index (χ1) is 9.51. The van der Waals surface area contributed by atoms with E-state index in [1.165, 1.54) is 0 Å². The second-order valence-electron chi connectivity index (χ2n) is 5.53. The third kappa shape index (κ3) is 2.55. The van der Waals surface area contributed by atoms with Crippen molar-refractivity contribution in [3.05, 3.63) is 18.2 Å². The van der Waals surface area contributed by atoms with Gasteiger partial charge in [0, 0.05) is 26.7 Å². The second kappa shape index (κ2) is 5.64. The van der Waals surface area contributed by atoms with Crippen LogP contribution in [0.1, 0.15) is 37.2 Å². The highest BCUT2D eigenvalue weighted by Crippen LogP contribution is 2.30. The van der Waals surface area contributed by atoms with Gasteiger partial charge in [-0.15, -0.1) is 0 Å². The molecule has 0 aliphatic carbocycles. The number of nitrogens with one attached hydrogen (secondary N) is 1. The van der Waals surface area contributed by atoms with Gasteiger partial charge >= 0.3 is 0 Å². The quantitative estimate of drug-likeness (QED) is 0.893. The van der Waals surface area contributed by atoms with Crippen LogP contribution in [0, 0.1) is 5.41 Å². The summed E-state index contributed by atoms with van der Waals surface area (Å²) in [7, 11) is 1.64. The molecule has 0 saturated carbocycles. The summed E-state index contributed by atoms with van der Waals surface area (Å²) in [6.45, 7) is 5.76. The molecule has 0 aromatic carbocycles. The van der Waals surface area contributed by atoms with Crippen LogP contribution in [0.3, 0.4) is 0 Å². The van der Waals surface area contributed by atoms with Gasteiger partial charge in [-0.25, -0.2) is 4.98 Å². The third-order valence-electron chi connectivity index (χ3n) is 4.03. The summed E-state index contributed by atoms with van der Waals surface area (Å²) in [6.07, 6.45) is 4.91. The predicted octanol–water partition coefficient (Wildman–Crippen LogP) is 0.891. The fourth-order valence-electron chi connectivity index (χ4n) is 2.81.